The lowest BCUT2D eigenvalue weighted by atomic mass is 9.92. The molecule has 2 aromatic heterocycles. The van der Waals surface area contributed by atoms with Gasteiger partial charge in [-0.15, -0.1) is 0 Å². The number of urea groups is 1. The fraction of sp³-hybridized carbons (Fsp3) is 0.385. The molecule has 0 atom stereocenters. The summed E-state index contributed by atoms with van der Waals surface area (Å²) in [5, 5.41) is 13.9. The predicted molar refractivity (Wildman–Crippen MR) is 137 cm³/mol. The lowest BCUT2D eigenvalue weighted by Crippen LogP contribution is -2.50. The number of piperazine rings is 1. The maximum atomic E-state index is 12.9. The molecule has 0 bridgehead atoms. The number of aliphatic hydroxyl groups is 1. The molecule has 0 unspecified atom stereocenters. The monoisotopic (exact) mass is 489 g/mol. The summed E-state index contributed by atoms with van der Waals surface area (Å²) in [6, 6.07) is 12.9. The summed E-state index contributed by atoms with van der Waals surface area (Å²) in [5.41, 5.74) is 7.13. The van der Waals surface area contributed by atoms with Gasteiger partial charge in [-0.3, -0.25) is 0 Å². The Balaban J connectivity index is 1.18. The van der Waals surface area contributed by atoms with Crippen LogP contribution in [-0.4, -0.2) is 57.2 Å². The van der Waals surface area contributed by atoms with Gasteiger partial charge in [-0.1, -0.05) is 25.0 Å². The van der Waals surface area contributed by atoms with E-state index in [9.17, 15) is 9.90 Å². The number of carbonyl (C=O) groups excluding carboxylic acids is 1. The highest BCUT2D eigenvalue weighted by atomic mass is 16.5. The standard InChI is InChI=1S/C26H31N7O3/c27-24-29-12-8-21(30-24)18-36-22-7-4-11-28-23(22)32-13-15-33(16-14-32)25(34)31-20-6-3-5-19(17-20)26(35)9-1-2-10-26/h3-8,11-12,17,35H,1-2,9-10,13-16,18H2,(H,31,34)(H2,27,29,30). The maximum absolute atomic E-state index is 12.9. The van der Waals surface area contributed by atoms with Crippen LogP contribution in [0.15, 0.2) is 54.9 Å². The van der Waals surface area contributed by atoms with Crippen LogP contribution in [0, 0.1) is 0 Å². The van der Waals surface area contributed by atoms with Gasteiger partial charge in [-0.2, -0.15) is 0 Å². The number of nitrogens with zero attached hydrogens (tertiary/aromatic N) is 5. The van der Waals surface area contributed by atoms with Crippen LogP contribution >= 0.6 is 0 Å². The Kier molecular flexibility index (Phi) is 6.86. The molecule has 1 aliphatic heterocycles. The maximum Gasteiger partial charge on any atom is 0.321 e. The van der Waals surface area contributed by atoms with Crippen LogP contribution in [0.3, 0.4) is 0 Å². The van der Waals surface area contributed by atoms with Crippen molar-refractivity contribution in [2.75, 3.05) is 42.1 Å². The minimum Gasteiger partial charge on any atom is -0.483 e. The molecule has 0 radical (unpaired) electrons. The van der Waals surface area contributed by atoms with E-state index in [1.165, 1.54) is 0 Å². The van der Waals surface area contributed by atoms with Crippen molar-refractivity contribution in [2.45, 2.75) is 37.9 Å². The van der Waals surface area contributed by atoms with E-state index in [0.717, 1.165) is 37.1 Å². The van der Waals surface area contributed by atoms with Gasteiger partial charge in [0.2, 0.25) is 5.95 Å². The van der Waals surface area contributed by atoms with Gasteiger partial charge in [-0.05, 0) is 48.7 Å². The van der Waals surface area contributed by atoms with Gasteiger partial charge < -0.3 is 30.7 Å². The summed E-state index contributed by atoms with van der Waals surface area (Å²) in [6.07, 6.45) is 6.90. The summed E-state index contributed by atoms with van der Waals surface area (Å²) >= 11 is 0. The van der Waals surface area contributed by atoms with Crippen molar-refractivity contribution in [1.29, 1.82) is 0 Å². The second kappa shape index (κ2) is 10.4. The van der Waals surface area contributed by atoms with E-state index in [0.29, 0.717) is 43.3 Å². The third-order valence-electron chi connectivity index (χ3n) is 6.81. The van der Waals surface area contributed by atoms with E-state index >= 15 is 0 Å². The highest BCUT2D eigenvalue weighted by Crippen LogP contribution is 2.39. The van der Waals surface area contributed by atoms with Gasteiger partial charge in [-0.25, -0.2) is 19.7 Å². The SMILES string of the molecule is Nc1nccc(COc2cccnc2N2CCN(C(=O)Nc3cccc(C4(O)CCCC4)c3)CC2)n1. The van der Waals surface area contributed by atoms with Crippen molar-refractivity contribution in [3.8, 4) is 5.75 Å². The quantitative estimate of drug-likeness (QED) is 0.482. The summed E-state index contributed by atoms with van der Waals surface area (Å²) < 4.78 is 5.98. The van der Waals surface area contributed by atoms with Gasteiger partial charge in [0, 0.05) is 44.3 Å². The Morgan fingerprint density at radius 1 is 1.06 bits per heavy atom. The number of hydrogen-bond donors (Lipinski definition) is 3. The van der Waals surface area contributed by atoms with Crippen LogP contribution in [0.1, 0.15) is 36.9 Å². The molecule has 36 heavy (non-hydrogen) atoms. The number of nitrogens with two attached hydrogens (primary N) is 1. The first-order chi connectivity index (χ1) is 17.5. The Morgan fingerprint density at radius 2 is 1.86 bits per heavy atom. The molecule has 3 aromatic rings. The zero-order valence-corrected chi connectivity index (χ0v) is 20.1. The molecular formula is C26H31N7O3. The molecule has 1 saturated heterocycles. The lowest BCUT2D eigenvalue weighted by molar-refractivity contribution is 0.0445. The van der Waals surface area contributed by atoms with Crippen molar-refractivity contribution < 1.29 is 14.6 Å². The van der Waals surface area contributed by atoms with E-state index in [2.05, 4.69) is 25.2 Å². The molecule has 10 nitrogen and oxygen atoms in total. The highest BCUT2D eigenvalue weighted by molar-refractivity contribution is 5.89. The van der Waals surface area contributed by atoms with Gasteiger partial charge in [0.05, 0.1) is 11.3 Å². The summed E-state index contributed by atoms with van der Waals surface area (Å²) in [5.74, 6) is 1.59. The molecule has 2 amide bonds. The average molecular weight is 490 g/mol. The van der Waals surface area contributed by atoms with Crippen LogP contribution in [0.2, 0.25) is 0 Å². The Hall–Kier alpha value is -3.92. The van der Waals surface area contributed by atoms with Crippen molar-refractivity contribution in [3.63, 3.8) is 0 Å². The zero-order valence-electron chi connectivity index (χ0n) is 20.1. The largest absolute Gasteiger partial charge is 0.483 e. The summed E-state index contributed by atoms with van der Waals surface area (Å²) in [7, 11) is 0. The number of nitrogen functional groups attached to an aromatic ring is 1. The van der Waals surface area contributed by atoms with E-state index in [-0.39, 0.29) is 18.6 Å². The normalized spacial score (nSPS) is 17.1. The number of amides is 2. The molecule has 0 spiro atoms. The minimum atomic E-state index is -0.783. The predicted octanol–water partition coefficient (Wildman–Crippen LogP) is 3.15. The number of carbonyl (C=O) groups is 1. The number of rotatable bonds is 6. The molecule has 2 fully saturated rings. The number of hydrogen-bond acceptors (Lipinski definition) is 8. The molecule has 1 saturated carbocycles. The molecule has 5 rings (SSSR count). The second-order valence-corrected chi connectivity index (χ2v) is 9.24. The van der Waals surface area contributed by atoms with E-state index in [1.807, 2.05) is 36.4 Å². The van der Waals surface area contributed by atoms with Crippen LogP contribution in [0.25, 0.3) is 0 Å². The number of ether oxygens (including phenoxy) is 1. The number of anilines is 3. The number of pyridine rings is 1. The van der Waals surface area contributed by atoms with Crippen molar-refractivity contribution >= 4 is 23.5 Å². The summed E-state index contributed by atoms with van der Waals surface area (Å²) in [6.45, 7) is 2.60. The highest BCUT2D eigenvalue weighted by Gasteiger charge is 2.33. The summed E-state index contributed by atoms with van der Waals surface area (Å²) in [4.78, 5) is 29.4. The third-order valence-corrected chi connectivity index (χ3v) is 6.81. The molecule has 1 aliphatic carbocycles. The topological polar surface area (TPSA) is 130 Å². The molecule has 1 aromatic carbocycles. The fourth-order valence-corrected chi connectivity index (χ4v) is 4.84. The van der Waals surface area contributed by atoms with Gasteiger partial charge in [0.25, 0.3) is 0 Å². The van der Waals surface area contributed by atoms with E-state index in [4.69, 9.17) is 10.5 Å². The van der Waals surface area contributed by atoms with Crippen LogP contribution in [0.5, 0.6) is 5.75 Å². The Labute approximate surface area is 210 Å². The zero-order chi connectivity index (χ0) is 25.0. The first kappa shape index (κ1) is 23.8. The molecule has 188 valence electrons. The van der Waals surface area contributed by atoms with Crippen molar-refractivity contribution in [2.24, 2.45) is 0 Å². The molecule has 2 aliphatic rings. The molecule has 4 N–H and O–H groups in total. The molecule has 3 heterocycles. The number of aromatic nitrogens is 3. The first-order valence-electron chi connectivity index (χ1n) is 12.3. The Morgan fingerprint density at radius 3 is 2.64 bits per heavy atom. The average Bonchev–Trinajstić information content (AvgIpc) is 3.36. The second-order valence-electron chi connectivity index (χ2n) is 9.24. The van der Waals surface area contributed by atoms with Crippen LogP contribution in [-0.2, 0) is 12.2 Å². The smallest absolute Gasteiger partial charge is 0.321 e. The van der Waals surface area contributed by atoms with Gasteiger partial charge >= 0.3 is 6.03 Å². The number of nitrogens with one attached hydrogen (secondary N) is 1. The number of benzene rings is 1. The fourth-order valence-electron chi connectivity index (χ4n) is 4.84. The van der Waals surface area contributed by atoms with Crippen molar-refractivity contribution in [1.82, 2.24) is 19.9 Å². The first-order valence-corrected chi connectivity index (χ1v) is 12.3. The van der Waals surface area contributed by atoms with Crippen LogP contribution < -0.4 is 20.7 Å². The van der Waals surface area contributed by atoms with Crippen molar-refractivity contribution in [3.05, 3.63) is 66.1 Å². The Bertz CT molecular complexity index is 1210. The third kappa shape index (κ3) is 5.33. The van der Waals surface area contributed by atoms with E-state index < -0.39 is 5.60 Å². The molecule has 10 heteroatoms. The van der Waals surface area contributed by atoms with E-state index in [1.54, 1.807) is 23.4 Å². The van der Waals surface area contributed by atoms with Gasteiger partial charge in [0.15, 0.2) is 11.6 Å². The minimum absolute atomic E-state index is 0.149. The van der Waals surface area contributed by atoms with Gasteiger partial charge in [0.1, 0.15) is 6.61 Å². The van der Waals surface area contributed by atoms with Crippen LogP contribution in [0.4, 0.5) is 22.2 Å². The lowest BCUT2D eigenvalue weighted by Gasteiger charge is -2.36. The molecular weight excluding hydrogens is 458 g/mol.